The average molecular weight is 408 g/mol. The van der Waals surface area contributed by atoms with Crippen LogP contribution in [-0.2, 0) is 0 Å². The first kappa shape index (κ1) is 19.3. The Morgan fingerprint density at radius 1 is 1.10 bits per heavy atom. The van der Waals surface area contributed by atoms with Crippen molar-refractivity contribution in [2.75, 3.05) is 19.0 Å². The molecule has 0 radical (unpaired) electrons. The summed E-state index contributed by atoms with van der Waals surface area (Å²) in [5.74, 6) is 1.40. The molecule has 7 heteroatoms. The molecular formula is C22H20N2O4S. The molecule has 1 aliphatic rings. The van der Waals surface area contributed by atoms with Crippen molar-refractivity contribution in [1.29, 1.82) is 0 Å². The Morgan fingerprint density at radius 3 is 2.72 bits per heavy atom. The fourth-order valence-electron chi connectivity index (χ4n) is 3.13. The van der Waals surface area contributed by atoms with Gasteiger partial charge in [-0.25, -0.2) is 4.98 Å². The summed E-state index contributed by atoms with van der Waals surface area (Å²) in [6.45, 7) is 4.85. The first-order chi connectivity index (χ1) is 14.0. The van der Waals surface area contributed by atoms with E-state index in [4.69, 9.17) is 9.47 Å². The molecule has 0 bridgehead atoms. The monoisotopic (exact) mass is 408 g/mol. The number of thioether (sulfide) groups is 1. The summed E-state index contributed by atoms with van der Waals surface area (Å²) < 4.78 is 12.6. The second-order valence-electron chi connectivity index (χ2n) is 6.77. The Morgan fingerprint density at radius 2 is 1.90 bits per heavy atom. The minimum absolute atomic E-state index is 0.0212. The lowest BCUT2D eigenvalue weighted by atomic mass is 10.0. The van der Waals surface area contributed by atoms with Crippen molar-refractivity contribution < 1.29 is 14.3 Å². The predicted molar refractivity (Wildman–Crippen MR) is 112 cm³/mol. The van der Waals surface area contributed by atoms with E-state index >= 15 is 0 Å². The van der Waals surface area contributed by atoms with E-state index in [1.165, 1.54) is 4.57 Å². The lowest BCUT2D eigenvalue weighted by molar-refractivity contribution is 0.102. The molecule has 1 aliphatic heterocycles. The van der Waals surface area contributed by atoms with Gasteiger partial charge in [-0.05, 0) is 37.6 Å². The molecule has 4 rings (SSSR count). The van der Waals surface area contributed by atoms with Gasteiger partial charge in [0.05, 0.1) is 11.4 Å². The first-order valence-corrected chi connectivity index (χ1v) is 10.2. The minimum Gasteiger partial charge on any atom is -0.486 e. The van der Waals surface area contributed by atoms with Gasteiger partial charge in [0.25, 0.3) is 5.56 Å². The Balaban J connectivity index is 1.56. The van der Waals surface area contributed by atoms with Crippen LogP contribution in [-0.4, -0.2) is 34.3 Å². The van der Waals surface area contributed by atoms with Crippen molar-refractivity contribution in [3.8, 4) is 17.2 Å². The lowest BCUT2D eigenvalue weighted by Crippen LogP contribution is -2.22. The van der Waals surface area contributed by atoms with Gasteiger partial charge < -0.3 is 9.47 Å². The number of ketones is 1. The number of carbonyl (C=O) groups is 1. The molecular weight excluding hydrogens is 388 g/mol. The van der Waals surface area contributed by atoms with Crippen molar-refractivity contribution >= 4 is 17.5 Å². The van der Waals surface area contributed by atoms with Gasteiger partial charge in [0.15, 0.2) is 22.3 Å². The van der Waals surface area contributed by atoms with E-state index < -0.39 is 0 Å². The maximum Gasteiger partial charge on any atom is 0.287 e. The van der Waals surface area contributed by atoms with E-state index in [1.54, 1.807) is 30.6 Å². The molecule has 0 fully saturated rings. The van der Waals surface area contributed by atoms with Crippen LogP contribution in [0.3, 0.4) is 0 Å². The van der Waals surface area contributed by atoms with Crippen molar-refractivity contribution in [2.24, 2.45) is 0 Å². The van der Waals surface area contributed by atoms with Crippen LogP contribution < -0.4 is 15.0 Å². The van der Waals surface area contributed by atoms with Gasteiger partial charge >= 0.3 is 0 Å². The molecule has 1 aromatic heterocycles. The molecule has 29 heavy (non-hydrogen) atoms. The third-order valence-electron chi connectivity index (χ3n) is 4.65. The number of Topliss-reactive ketones (excluding diaryl/α,β-unsaturated/α-hetero) is 1. The average Bonchev–Trinajstić information content (AvgIpc) is 2.74. The van der Waals surface area contributed by atoms with E-state index in [9.17, 15) is 9.59 Å². The van der Waals surface area contributed by atoms with Crippen molar-refractivity contribution in [3.05, 3.63) is 75.8 Å². The molecule has 0 atom stereocenters. The highest BCUT2D eigenvalue weighted by Gasteiger charge is 2.16. The largest absolute Gasteiger partial charge is 0.486 e. The predicted octanol–water partition coefficient (Wildman–Crippen LogP) is 3.60. The number of aryl methyl sites for hydroxylation is 2. The zero-order valence-corrected chi connectivity index (χ0v) is 17.0. The summed E-state index contributed by atoms with van der Waals surface area (Å²) in [5.41, 5.74) is 3.02. The van der Waals surface area contributed by atoms with E-state index in [0.29, 0.717) is 36.0 Å². The number of nitrogens with zero attached hydrogens (tertiary/aromatic N) is 2. The lowest BCUT2D eigenvalue weighted by Gasteiger charge is -2.19. The number of fused-ring (bicyclic) bond motifs is 1. The summed E-state index contributed by atoms with van der Waals surface area (Å²) in [6, 6.07) is 11.1. The Kier molecular flexibility index (Phi) is 5.40. The quantitative estimate of drug-likeness (QED) is 0.475. The summed E-state index contributed by atoms with van der Waals surface area (Å²) in [7, 11) is 0. The van der Waals surface area contributed by atoms with E-state index in [-0.39, 0.29) is 22.1 Å². The smallest absolute Gasteiger partial charge is 0.287 e. The number of hydrogen-bond donors (Lipinski definition) is 0. The highest BCUT2D eigenvalue weighted by atomic mass is 32.2. The molecule has 0 N–H and O–H groups in total. The zero-order chi connectivity index (χ0) is 20.4. The van der Waals surface area contributed by atoms with Gasteiger partial charge in [0.1, 0.15) is 13.2 Å². The van der Waals surface area contributed by atoms with E-state index in [1.807, 2.05) is 32.0 Å². The molecule has 0 unspecified atom stereocenters. The maximum absolute atomic E-state index is 12.9. The van der Waals surface area contributed by atoms with Gasteiger partial charge in [-0.15, -0.1) is 0 Å². The molecule has 148 valence electrons. The van der Waals surface area contributed by atoms with Crippen molar-refractivity contribution in [2.45, 2.75) is 18.9 Å². The highest BCUT2D eigenvalue weighted by Crippen LogP contribution is 2.31. The van der Waals surface area contributed by atoms with Crippen LogP contribution in [0, 0.1) is 13.8 Å². The normalized spacial score (nSPS) is 12.6. The highest BCUT2D eigenvalue weighted by molar-refractivity contribution is 7.99. The van der Waals surface area contributed by atoms with Gasteiger partial charge in [0.2, 0.25) is 0 Å². The van der Waals surface area contributed by atoms with Crippen molar-refractivity contribution in [1.82, 2.24) is 9.55 Å². The van der Waals surface area contributed by atoms with Crippen LogP contribution >= 0.6 is 11.8 Å². The Labute approximate surface area is 172 Å². The molecule has 0 saturated heterocycles. The number of aromatic nitrogens is 2. The van der Waals surface area contributed by atoms with Crippen LogP contribution in [0.4, 0.5) is 0 Å². The maximum atomic E-state index is 12.9. The number of benzene rings is 2. The van der Waals surface area contributed by atoms with E-state index in [2.05, 4.69) is 4.98 Å². The Hall–Kier alpha value is -3.06. The Bertz CT molecular complexity index is 1140. The molecule has 3 aromatic rings. The standard InChI is InChI=1S/C22H20N2O4S/c1-14-3-4-15(2)17(11-14)18(25)13-29-21-22(26)24(8-7-23-21)16-5-6-19-20(12-16)28-10-9-27-19/h3-8,11-12H,9-10,13H2,1-2H3. The minimum atomic E-state index is -0.275. The summed E-state index contributed by atoms with van der Waals surface area (Å²) in [6.07, 6.45) is 3.16. The molecule has 6 nitrogen and oxygen atoms in total. The van der Waals surface area contributed by atoms with Crippen LogP contribution in [0.15, 0.2) is 58.6 Å². The topological polar surface area (TPSA) is 70.4 Å². The number of hydrogen-bond acceptors (Lipinski definition) is 6. The second-order valence-corrected chi connectivity index (χ2v) is 7.73. The number of ether oxygens (including phenoxy) is 2. The molecule has 2 heterocycles. The van der Waals surface area contributed by atoms with Crippen LogP contribution in [0.5, 0.6) is 11.5 Å². The molecule has 0 spiro atoms. The van der Waals surface area contributed by atoms with Crippen LogP contribution in [0.2, 0.25) is 0 Å². The summed E-state index contributed by atoms with van der Waals surface area (Å²) in [4.78, 5) is 29.7. The molecule has 2 aromatic carbocycles. The van der Waals surface area contributed by atoms with Crippen molar-refractivity contribution in [3.63, 3.8) is 0 Å². The summed E-state index contributed by atoms with van der Waals surface area (Å²) >= 11 is 1.15. The zero-order valence-electron chi connectivity index (χ0n) is 16.2. The van der Waals surface area contributed by atoms with Gasteiger partial charge in [-0.1, -0.05) is 29.5 Å². The number of carbonyl (C=O) groups excluding carboxylic acids is 1. The van der Waals surface area contributed by atoms with Crippen LogP contribution in [0.1, 0.15) is 21.5 Å². The fraction of sp³-hybridized carbons (Fsp3) is 0.227. The molecule has 0 saturated carbocycles. The van der Waals surface area contributed by atoms with Crippen LogP contribution in [0.25, 0.3) is 5.69 Å². The van der Waals surface area contributed by atoms with Gasteiger partial charge in [-0.2, -0.15) is 0 Å². The summed E-state index contributed by atoms with van der Waals surface area (Å²) in [5, 5.41) is 0.279. The third-order valence-corrected chi connectivity index (χ3v) is 5.61. The number of rotatable bonds is 5. The van der Waals surface area contributed by atoms with Gasteiger partial charge in [0, 0.05) is 24.0 Å². The third kappa shape index (κ3) is 4.05. The first-order valence-electron chi connectivity index (χ1n) is 9.24. The SMILES string of the molecule is Cc1ccc(C)c(C(=O)CSc2nccn(-c3ccc4c(c3)OCCO4)c2=O)c1. The molecule has 0 amide bonds. The van der Waals surface area contributed by atoms with Gasteiger partial charge in [-0.3, -0.25) is 14.2 Å². The molecule has 0 aliphatic carbocycles. The second kappa shape index (κ2) is 8.13. The van der Waals surface area contributed by atoms with E-state index in [0.717, 1.165) is 22.9 Å². The fourth-order valence-corrected chi connectivity index (χ4v) is 3.91.